The fourth-order valence-corrected chi connectivity index (χ4v) is 3.45. The smallest absolute Gasteiger partial charge is 0.416 e. The molecule has 1 N–H and O–H groups in total. The number of benzene rings is 2. The number of nitrogens with one attached hydrogen (secondary N) is 1. The Bertz CT molecular complexity index is 977. The average molecular weight is 376 g/mol. The van der Waals surface area contributed by atoms with E-state index in [4.69, 9.17) is 10.1 Å². The van der Waals surface area contributed by atoms with Gasteiger partial charge in [-0.2, -0.15) is 18.4 Å². The van der Waals surface area contributed by atoms with Crippen LogP contribution in [0.5, 0.6) is 0 Å². The van der Waals surface area contributed by atoms with Crippen LogP contribution in [0.1, 0.15) is 22.3 Å². The van der Waals surface area contributed by atoms with Crippen molar-refractivity contribution in [2.75, 3.05) is 7.11 Å². The van der Waals surface area contributed by atoms with Gasteiger partial charge in [0, 0.05) is 5.56 Å². The molecule has 2 aromatic rings. The van der Waals surface area contributed by atoms with Gasteiger partial charge in [-0.3, -0.25) is 4.79 Å². The summed E-state index contributed by atoms with van der Waals surface area (Å²) in [6, 6.07) is 9.30. The second-order valence-electron chi connectivity index (χ2n) is 6.05. The quantitative estimate of drug-likeness (QED) is 0.640. The molecule has 1 aliphatic carbocycles. The topological polar surface area (TPSA) is 73.9 Å². The SMILES string of the molecule is COC(=O)C1C(=N)c2cc(C(F)(F)F)ccc2C1(C#N)c1ccc(F)cc1. The molecule has 0 fully saturated rings. The first-order valence-electron chi connectivity index (χ1n) is 7.72. The van der Waals surface area contributed by atoms with E-state index in [2.05, 4.69) is 0 Å². The van der Waals surface area contributed by atoms with Crippen LogP contribution in [-0.2, 0) is 21.1 Å². The summed E-state index contributed by atoms with van der Waals surface area (Å²) in [5, 5.41) is 18.3. The summed E-state index contributed by atoms with van der Waals surface area (Å²) in [5.74, 6) is -2.99. The molecule has 0 saturated heterocycles. The fourth-order valence-electron chi connectivity index (χ4n) is 3.45. The molecule has 27 heavy (non-hydrogen) atoms. The summed E-state index contributed by atoms with van der Waals surface area (Å²) in [6.45, 7) is 0. The maximum absolute atomic E-state index is 13.3. The van der Waals surface area contributed by atoms with E-state index >= 15 is 0 Å². The number of hydrogen-bond donors (Lipinski definition) is 1. The van der Waals surface area contributed by atoms with Crippen molar-refractivity contribution in [1.82, 2.24) is 0 Å². The van der Waals surface area contributed by atoms with E-state index in [0.29, 0.717) is 0 Å². The number of rotatable bonds is 2. The summed E-state index contributed by atoms with van der Waals surface area (Å²) in [4.78, 5) is 12.4. The molecule has 2 aromatic carbocycles. The number of carbonyl (C=O) groups is 1. The number of carbonyl (C=O) groups excluding carboxylic acids is 1. The van der Waals surface area contributed by atoms with E-state index in [0.717, 1.165) is 37.4 Å². The number of fused-ring (bicyclic) bond motifs is 1. The number of esters is 1. The van der Waals surface area contributed by atoms with E-state index in [9.17, 15) is 27.6 Å². The maximum atomic E-state index is 13.3. The summed E-state index contributed by atoms with van der Waals surface area (Å²) in [6.07, 6.45) is -4.65. The molecule has 2 atom stereocenters. The van der Waals surface area contributed by atoms with Gasteiger partial charge >= 0.3 is 12.1 Å². The Balaban J connectivity index is 2.34. The third kappa shape index (κ3) is 2.67. The lowest BCUT2D eigenvalue weighted by Crippen LogP contribution is -2.39. The van der Waals surface area contributed by atoms with Crippen molar-refractivity contribution in [3.63, 3.8) is 0 Å². The summed E-state index contributed by atoms with van der Waals surface area (Å²) < 4.78 is 57.3. The molecule has 0 saturated carbocycles. The lowest BCUT2D eigenvalue weighted by molar-refractivity contribution is -0.144. The summed E-state index contributed by atoms with van der Waals surface area (Å²) >= 11 is 0. The number of halogens is 4. The van der Waals surface area contributed by atoms with Crippen molar-refractivity contribution in [3.05, 3.63) is 70.5 Å². The lowest BCUT2D eigenvalue weighted by atomic mass is 9.70. The van der Waals surface area contributed by atoms with Gasteiger partial charge in [0.1, 0.15) is 17.2 Å². The lowest BCUT2D eigenvalue weighted by Gasteiger charge is -2.28. The highest BCUT2D eigenvalue weighted by molar-refractivity contribution is 6.17. The molecule has 138 valence electrons. The summed E-state index contributed by atoms with van der Waals surface area (Å²) in [5.41, 5.74) is -3.14. The predicted molar refractivity (Wildman–Crippen MR) is 86.6 cm³/mol. The van der Waals surface area contributed by atoms with Gasteiger partial charge in [-0.1, -0.05) is 18.2 Å². The first-order valence-corrected chi connectivity index (χ1v) is 7.72. The van der Waals surface area contributed by atoms with E-state index in [1.54, 1.807) is 0 Å². The number of nitrogens with zero attached hydrogens (tertiary/aromatic N) is 1. The van der Waals surface area contributed by atoms with Gasteiger partial charge in [0.05, 0.1) is 24.5 Å². The molecule has 0 heterocycles. The van der Waals surface area contributed by atoms with Crippen molar-refractivity contribution < 1.29 is 27.1 Å². The Kier molecular flexibility index (Phi) is 4.26. The largest absolute Gasteiger partial charge is 0.468 e. The Labute approximate surface area is 151 Å². The van der Waals surface area contributed by atoms with Crippen molar-refractivity contribution in [3.8, 4) is 6.07 Å². The van der Waals surface area contributed by atoms with Gasteiger partial charge in [0.25, 0.3) is 0 Å². The molecule has 0 spiro atoms. The number of ether oxygens (including phenoxy) is 1. The highest BCUT2D eigenvalue weighted by Crippen LogP contribution is 2.49. The van der Waals surface area contributed by atoms with Gasteiger partial charge in [0.2, 0.25) is 0 Å². The van der Waals surface area contributed by atoms with Crippen LogP contribution in [0, 0.1) is 28.5 Å². The van der Waals surface area contributed by atoms with E-state index in [-0.39, 0.29) is 16.7 Å². The zero-order valence-electron chi connectivity index (χ0n) is 13.9. The van der Waals surface area contributed by atoms with E-state index in [1.165, 1.54) is 12.1 Å². The zero-order valence-corrected chi connectivity index (χ0v) is 13.9. The molecule has 1 aliphatic rings. The maximum Gasteiger partial charge on any atom is 0.416 e. The third-order valence-electron chi connectivity index (χ3n) is 4.70. The number of alkyl halides is 3. The molecule has 0 bridgehead atoms. The Morgan fingerprint density at radius 1 is 1.22 bits per heavy atom. The van der Waals surface area contributed by atoms with Crippen molar-refractivity contribution in [2.24, 2.45) is 5.92 Å². The molecule has 2 unspecified atom stereocenters. The molecule has 0 radical (unpaired) electrons. The van der Waals surface area contributed by atoms with E-state index < -0.39 is 40.6 Å². The second-order valence-corrected chi connectivity index (χ2v) is 6.05. The standard InChI is InChI=1S/C19H12F4N2O2/c1-27-17(26)15-16(25)13-8-11(19(21,22)23)4-7-14(13)18(15,9-24)10-2-5-12(20)6-3-10/h2-8,15,25H,1H3. The molecular weight excluding hydrogens is 364 g/mol. The number of hydrogen-bond acceptors (Lipinski definition) is 4. The Morgan fingerprint density at radius 2 is 1.85 bits per heavy atom. The van der Waals surface area contributed by atoms with Crippen LogP contribution in [-0.4, -0.2) is 18.8 Å². The molecular formula is C19H12F4N2O2. The average Bonchev–Trinajstić information content (AvgIpc) is 2.90. The van der Waals surface area contributed by atoms with Gasteiger partial charge in [-0.15, -0.1) is 0 Å². The van der Waals surface area contributed by atoms with Crippen molar-refractivity contribution in [1.29, 1.82) is 10.7 Å². The number of nitriles is 1. The Hall–Kier alpha value is -3.21. The zero-order chi connectivity index (χ0) is 20.0. The van der Waals surface area contributed by atoms with Crippen LogP contribution in [0.3, 0.4) is 0 Å². The minimum Gasteiger partial charge on any atom is -0.468 e. The monoisotopic (exact) mass is 376 g/mol. The van der Waals surface area contributed by atoms with E-state index in [1.807, 2.05) is 6.07 Å². The minimum atomic E-state index is -4.65. The Morgan fingerprint density at radius 3 is 2.37 bits per heavy atom. The minimum absolute atomic E-state index is 0.0741. The highest BCUT2D eigenvalue weighted by Gasteiger charge is 2.56. The second kappa shape index (κ2) is 6.20. The highest BCUT2D eigenvalue weighted by atomic mass is 19.4. The van der Waals surface area contributed by atoms with Gasteiger partial charge < -0.3 is 10.1 Å². The molecule has 8 heteroatoms. The first kappa shape index (κ1) is 18.6. The molecule has 0 aliphatic heterocycles. The van der Waals surface area contributed by atoms with Crippen molar-refractivity contribution >= 4 is 11.7 Å². The van der Waals surface area contributed by atoms with Gasteiger partial charge in [-0.25, -0.2) is 4.39 Å². The van der Waals surface area contributed by atoms with Crippen LogP contribution < -0.4 is 0 Å². The molecule has 3 rings (SSSR count). The van der Waals surface area contributed by atoms with Crippen LogP contribution in [0.2, 0.25) is 0 Å². The molecule has 0 aromatic heterocycles. The molecule has 0 amide bonds. The molecule has 4 nitrogen and oxygen atoms in total. The van der Waals surface area contributed by atoms with Crippen LogP contribution in [0.4, 0.5) is 17.6 Å². The fraction of sp³-hybridized carbons (Fsp3) is 0.211. The summed E-state index contributed by atoms with van der Waals surface area (Å²) in [7, 11) is 1.06. The van der Waals surface area contributed by atoms with Crippen LogP contribution in [0.25, 0.3) is 0 Å². The third-order valence-corrected chi connectivity index (χ3v) is 4.70. The normalized spacial score (nSPS) is 21.5. The van der Waals surface area contributed by atoms with Gasteiger partial charge in [0.15, 0.2) is 0 Å². The van der Waals surface area contributed by atoms with Crippen LogP contribution >= 0.6 is 0 Å². The van der Waals surface area contributed by atoms with Crippen molar-refractivity contribution in [2.45, 2.75) is 11.6 Å². The number of methoxy groups -OCH3 is 1. The van der Waals surface area contributed by atoms with Gasteiger partial charge in [-0.05, 0) is 35.4 Å². The predicted octanol–water partition coefficient (Wildman–Crippen LogP) is 3.82. The first-order chi connectivity index (χ1) is 12.7. The van der Waals surface area contributed by atoms with Crippen LogP contribution in [0.15, 0.2) is 42.5 Å².